The van der Waals surface area contributed by atoms with Crippen LogP contribution in [0.3, 0.4) is 0 Å². The van der Waals surface area contributed by atoms with Crippen LogP contribution in [0.25, 0.3) is 5.69 Å². The molecule has 10 heteroatoms. The normalized spacial score (nSPS) is 11.8. The lowest BCUT2D eigenvalue weighted by molar-refractivity contribution is -0.121. The molecule has 0 aliphatic rings. The SMILES string of the molecule is Cc1cc(/C=N/NC(=O)CN(CCc2ccccc2)S(=O)(=O)c2ccc(Br)cc2)c(C)n1-c1ccc(Br)cc1. The van der Waals surface area contributed by atoms with E-state index in [-0.39, 0.29) is 18.0 Å². The van der Waals surface area contributed by atoms with Crippen LogP contribution in [0.2, 0.25) is 0 Å². The third kappa shape index (κ3) is 7.33. The highest BCUT2D eigenvalue weighted by atomic mass is 79.9. The molecule has 1 aromatic heterocycles. The second kappa shape index (κ2) is 12.9. The molecule has 4 aromatic rings. The largest absolute Gasteiger partial charge is 0.318 e. The summed E-state index contributed by atoms with van der Waals surface area (Å²) in [5.41, 5.74) is 7.33. The number of carbonyl (C=O) groups excluding carboxylic acids is 1. The van der Waals surface area contributed by atoms with Crippen molar-refractivity contribution in [3.8, 4) is 5.69 Å². The molecule has 0 saturated heterocycles. The quantitative estimate of drug-likeness (QED) is 0.166. The first kappa shape index (κ1) is 28.9. The first-order valence-electron chi connectivity index (χ1n) is 12.2. The van der Waals surface area contributed by atoms with Crippen LogP contribution in [0, 0.1) is 13.8 Å². The van der Waals surface area contributed by atoms with E-state index in [4.69, 9.17) is 0 Å². The molecule has 0 fully saturated rings. The number of nitrogens with one attached hydrogen (secondary N) is 1. The fourth-order valence-corrected chi connectivity index (χ4v) is 6.14. The third-order valence-electron chi connectivity index (χ3n) is 6.21. The van der Waals surface area contributed by atoms with Crippen LogP contribution in [-0.2, 0) is 21.2 Å². The number of amides is 1. The van der Waals surface area contributed by atoms with Gasteiger partial charge in [-0.1, -0.05) is 62.2 Å². The molecule has 4 rings (SSSR count). The Hall–Kier alpha value is -3.05. The summed E-state index contributed by atoms with van der Waals surface area (Å²) < 4.78 is 31.9. The van der Waals surface area contributed by atoms with Gasteiger partial charge in [0.1, 0.15) is 0 Å². The molecule has 0 atom stereocenters. The summed E-state index contributed by atoms with van der Waals surface area (Å²) in [6.07, 6.45) is 2.04. The van der Waals surface area contributed by atoms with Gasteiger partial charge in [-0.05, 0) is 80.4 Å². The molecular formula is C29H28Br2N4O3S. The highest BCUT2D eigenvalue weighted by molar-refractivity contribution is 9.10. The number of aryl methyl sites for hydroxylation is 1. The number of hydrazone groups is 1. The molecule has 202 valence electrons. The zero-order valence-corrected chi connectivity index (χ0v) is 25.5. The molecule has 3 aromatic carbocycles. The summed E-state index contributed by atoms with van der Waals surface area (Å²) in [4.78, 5) is 13.0. The minimum atomic E-state index is -3.91. The van der Waals surface area contributed by atoms with Crippen LogP contribution in [0.5, 0.6) is 0 Å². The number of hydrogen-bond acceptors (Lipinski definition) is 4. The molecule has 0 aliphatic heterocycles. The Morgan fingerprint density at radius 2 is 1.56 bits per heavy atom. The number of hydrogen-bond donors (Lipinski definition) is 1. The van der Waals surface area contributed by atoms with Crippen LogP contribution in [0.15, 0.2) is 104 Å². The molecule has 0 unspecified atom stereocenters. The van der Waals surface area contributed by atoms with Crippen LogP contribution >= 0.6 is 31.9 Å². The third-order valence-corrected chi connectivity index (χ3v) is 9.13. The number of aromatic nitrogens is 1. The summed E-state index contributed by atoms with van der Waals surface area (Å²) in [6.45, 7) is 3.77. The summed E-state index contributed by atoms with van der Waals surface area (Å²) in [5, 5.41) is 4.13. The molecule has 0 bridgehead atoms. The molecule has 1 heterocycles. The fraction of sp³-hybridized carbons (Fsp3) is 0.172. The van der Waals surface area contributed by atoms with Crippen LogP contribution in [-0.4, -0.2) is 42.5 Å². The minimum absolute atomic E-state index is 0.121. The maximum absolute atomic E-state index is 13.4. The van der Waals surface area contributed by atoms with E-state index in [1.807, 2.05) is 74.5 Å². The molecule has 0 radical (unpaired) electrons. The van der Waals surface area contributed by atoms with E-state index >= 15 is 0 Å². The zero-order chi connectivity index (χ0) is 28.0. The predicted octanol–water partition coefficient (Wildman–Crippen LogP) is 6.00. The van der Waals surface area contributed by atoms with Crippen molar-refractivity contribution in [1.29, 1.82) is 0 Å². The summed E-state index contributed by atoms with van der Waals surface area (Å²) in [5.74, 6) is -0.526. The first-order chi connectivity index (χ1) is 18.6. The van der Waals surface area contributed by atoms with Crippen molar-refractivity contribution in [1.82, 2.24) is 14.3 Å². The van der Waals surface area contributed by atoms with Crippen molar-refractivity contribution in [2.45, 2.75) is 25.2 Å². The van der Waals surface area contributed by atoms with Crippen LogP contribution in [0.1, 0.15) is 22.5 Å². The highest BCUT2D eigenvalue weighted by Crippen LogP contribution is 2.22. The Morgan fingerprint density at radius 3 is 2.21 bits per heavy atom. The Kier molecular flexibility index (Phi) is 9.55. The van der Waals surface area contributed by atoms with E-state index in [1.165, 1.54) is 16.4 Å². The Balaban J connectivity index is 1.48. The highest BCUT2D eigenvalue weighted by Gasteiger charge is 2.26. The Bertz CT molecular complexity index is 1570. The van der Waals surface area contributed by atoms with Crippen molar-refractivity contribution in [2.75, 3.05) is 13.1 Å². The molecule has 7 nitrogen and oxygen atoms in total. The zero-order valence-electron chi connectivity index (χ0n) is 21.5. The van der Waals surface area contributed by atoms with Gasteiger partial charge in [-0.15, -0.1) is 0 Å². The number of halogens is 2. The van der Waals surface area contributed by atoms with Gasteiger partial charge >= 0.3 is 0 Å². The monoisotopic (exact) mass is 670 g/mol. The van der Waals surface area contributed by atoms with E-state index in [9.17, 15) is 13.2 Å². The number of nitrogens with zero attached hydrogens (tertiary/aromatic N) is 3. The van der Waals surface area contributed by atoms with E-state index in [1.54, 1.807) is 18.3 Å². The maximum Gasteiger partial charge on any atom is 0.255 e. The van der Waals surface area contributed by atoms with Crippen molar-refractivity contribution < 1.29 is 13.2 Å². The van der Waals surface area contributed by atoms with E-state index in [2.05, 4.69) is 47.0 Å². The minimum Gasteiger partial charge on any atom is -0.318 e. The summed E-state index contributed by atoms with van der Waals surface area (Å²) in [6, 6.07) is 25.9. The van der Waals surface area contributed by atoms with Crippen LogP contribution < -0.4 is 5.43 Å². The second-order valence-corrected chi connectivity index (χ2v) is 12.7. The van der Waals surface area contributed by atoms with E-state index in [0.717, 1.165) is 37.1 Å². The summed E-state index contributed by atoms with van der Waals surface area (Å²) in [7, 11) is -3.91. The van der Waals surface area contributed by atoms with Gasteiger partial charge in [0.2, 0.25) is 10.0 Å². The number of sulfonamides is 1. The molecule has 0 aliphatic carbocycles. The van der Waals surface area contributed by atoms with Gasteiger partial charge in [0.05, 0.1) is 17.7 Å². The lowest BCUT2D eigenvalue weighted by Gasteiger charge is -2.21. The van der Waals surface area contributed by atoms with Gasteiger partial charge in [-0.2, -0.15) is 9.41 Å². The van der Waals surface area contributed by atoms with Crippen molar-refractivity contribution in [2.24, 2.45) is 5.10 Å². The van der Waals surface area contributed by atoms with Gasteiger partial charge < -0.3 is 4.57 Å². The van der Waals surface area contributed by atoms with E-state index < -0.39 is 15.9 Å². The molecule has 1 amide bonds. The lowest BCUT2D eigenvalue weighted by atomic mass is 10.1. The maximum atomic E-state index is 13.4. The van der Waals surface area contributed by atoms with Crippen molar-refractivity contribution >= 4 is 54.0 Å². The van der Waals surface area contributed by atoms with Gasteiger partial charge in [-0.3, -0.25) is 4.79 Å². The summed E-state index contributed by atoms with van der Waals surface area (Å²) >= 11 is 6.79. The van der Waals surface area contributed by atoms with Crippen molar-refractivity contribution in [3.05, 3.63) is 116 Å². The molecule has 39 heavy (non-hydrogen) atoms. The van der Waals surface area contributed by atoms with Crippen molar-refractivity contribution in [3.63, 3.8) is 0 Å². The average molecular weight is 672 g/mol. The number of rotatable bonds is 10. The van der Waals surface area contributed by atoms with Gasteiger partial charge in [0, 0.05) is 38.1 Å². The second-order valence-electron chi connectivity index (χ2n) is 8.96. The topological polar surface area (TPSA) is 83.8 Å². The molecule has 0 saturated carbocycles. The number of benzene rings is 3. The Labute approximate surface area is 245 Å². The lowest BCUT2D eigenvalue weighted by Crippen LogP contribution is -2.40. The van der Waals surface area contributed by atoms with Gasteiger partial charge in [0.25, 0.3) is 5.91 Å². The number of carbonyl (C=O) groups is 1. The predicted molar refractivity (Wildman–Crippen MR) is 162 cm³/mol. The fourth-order valence-electron chi connectivity index (χ4n) is 4.21. The standard InChI is InChI=1S/C29H28Br2N4O3S/c1-21-18-24(22(2)35(21)27-12-8-25(30)9-13-27)19-32-33-29(36)20-34(17-16-23-6-4-3-5-7-23)39(37,38)28-14-10-26(31)11-15-28/h3-15,18-19H,16-17,20H2,1-2H3,(H,33,36)/b32-19+. The first-order valence-corrected chi connectivity index (χ1v) is 15.2. The van der Waals surface area contributed by atoms with Gasteiger partial charge in [-0.25, -0.2) is 13.8 Å². The van der Waals surface area contributed by atoms with Gasteiger partial charge in [0.15, 0.2) is 0 Å². The molecule has 0 spiro atoms. The molecular weight excluding hydrogens is 644 g/mol. The van der Waals surface area contributed by atoms with E-state index in [0.29, 0.717) is 6.42 Å². The average Bonchev–Trinajstić information content (AvgIpc) is 3.20. The smallest absolute Gasteiger partial charge is 0.255 e. The van der Waals surface area contributed by atoms with Crippen LogP contribution in [0.4, 0.5) is 0 Å². The Morgan fingerprint density at radius 1 is 0.949 bits per heavy atom. The molecule has 1 N–H and O–H groups in total.